The number of hydrogen-bond donors (Lipinski definition) is 1. The molecule has 0 unspecified atom stereocenters. The standard InChI is InChI=1S/C25H23N5O3/c1-17-13-16-30(29-17)22-11-12-23(28-27-22)33-19-9-7-18(8-10-19)26-24(31)25(14-15-25)20-5-3-4-6-21(20)32-2/h3-13,16H,14-15H2,1-2H3,(H,26,31). The van der Waals surface area contributed by atoms with Crippen LogP contribution in [0.2, 0.25) is 0 Å². The number of carbonyl (C=O) groups excluding carboxylic acids is 1. The van der Waals surface area contributed by atoms with E-state index in [1.165, 1.54) is 0 Å². The molecule has 1 N–H and O–H groups in total. The Bertz CT molecular complexity index is 1280. The zero-order valence-corrected chi connectivity index (χ0v) is 18.4. The summed E-state index contributed by atoms with van der Waals surface area (Å²) in [4.78, 5) is 13.1. The van der Waals surface area contributed by atoms with Gasteiger partial charge in [-0.1, -0.05) is 18.2 Å². The summed E-state index contributed by atoms with van der Waals surface area (Å²) in [7, 11) is 1.63. The number of amides is 1. The van der Waals surface area contributed by atoms with Crippen LogP contribution in [0.4, 0.5) is 5.69 Å². The molecule has 0 spiro atoms. The Hall–Kier alpha value is -4.20. The van der Waals surface area contributed by atoms with E-state index in [4.69, 9.17) is 9.47 Å². The lowest BCUT2D eigenvalue weighted by Crippen LogP contribution is -2.28. The van der Waals surface area contributed by atoms with Crippen molar-refractivity contribution in [1.82, 2.24) is 20.0 Å². The maximum Gasteiger partial charge on any atom is 0.238 e. The fourth-order valence-corrected chi connectivity index (χ4v) is 3.79. The molecule has 8 heteroatoms. The lowest BCUT2D eigenvalue weighted by atomic mass is 9.94. The van der Waals surface area contributed by atoms with E-state index >= 15 is 0 Å². The van der Waals surface area contributed by atoms with Gasteiger partial charge in [-0.05, 0) is 62.2 Å². The Balaban J connectivity index is 1.24. The Morgan fingerprint density at radius 2 is 1.79 bits per heavy atom. The van der Waals surface area contributed by atoms with Crippen LogP contribution in [0.25, 0.3) is 5.82 Å². The van der Waals surface area contributed by atoms with Crippen LogP contribution in [0.5, 0.6) is 17.4 Å². The average molecular weight is 441 g/mol. The minimum absolute atomic E-state index is 0.0315. The maximum atomic E-state index is 13.1. The molecule has 1 aliphatic rings. The molecule has 0 atom stereocenters. The van der Waals surface area contributed by atoms with Crippen LogP contribution < -0.4 is 14.8 Å². The topological polar surface area (TPSA) is 91.2 Å². The summed E-state index contributed by atoms with van der Waals surface area (Å²) < 4.78 is 12.9. The van der Waals surface area contributed by atoms with Gasteiger partial charge in [0.05, 0.1) is 18.2 Å². The van der Waals surface area contributed by atoms with E-state index in [1.54, 1.807) is 48.2 Å². The van der Waals surface area contributed by atoms with Gasteiger partial charge in [0.15, 0.2) is 5.82 Å². The van der Waals surface area contributed by atoms with Crippen LogP contribution in [0, 0.1) is 6.92 Å². The van der Waals surface area contributed by atoms with Crippen molar-refractivity contribution >= 4 is 11.6 Å². The number of anilines is 1. The molecule has 1 aliphatic carbocycles. The number of ether oxygens (including phenoxy) is 2. The smallest absolute Gasteiger partial charge is 0.238 e. The predicted molar refractivity (Wildman–Crippen MR) is 123 cm³/mol. The summed E-state index contributed by atoms with van der Waals surface area (Å²) in [6, 6.07) is 20.3. The Morgan fingerprint density at radius 1 is 1.00 bits per heavy atom. The number of carbonyl (C=O) groups is 1. The quantitative estimate of drug-likeness (QED) is 0.456. The second-order valence-corrected chi connectivity index (χ2v) is 7.99. The first-order valence-corrected chi connectivity index (χ1v) is 10.7. The molecule has 33 heavy (non-hydrogen) atoms. The summed E-state index contributed by atoms with van der Waals surface area (Å²) in [5.74, 6) is 2.28. The van der Waals surface area contributed by atoms with Crippen LogP contribution in [-0.2, 0) is 10.2 Å². The van der Waals surface area contributed by atoms with Crippen molar-refractivity contribution in [2.24, 2.45) is 0 Å². The highest BCUT2D eigenvalue weighted by molar-refractivity contribution is 6.01. The van der Waals surface area contributed by atoms with Crippen molar-refractivity contribution in [3.05, 3.63) is 84.2 Å². The number of aromatic nitrogens is 4. The predicted octanol–water partition coefficient (Wildman–Crippen LogP) is 4.44. The molecule has 1 fully saturated rings. The van der Waals surface area contributed by atoms with Crippen molar-refractivity contribution in [2.75, 3.05) is 12.4 Å². The van der Waals surface area contributed by atoms with E-state index in [2.05, 4.69) is 20.6 Å². The van der Waals surface area contributed by atoms with Crippen LogP contribution in [-0.4, -0.2) is 33.0 Å². The van der Waals surface area contributed by atoms with Crippen molar-refractivity contribution in [3.63, 3.8) is 0 Å². The van der Waals surface area contributed by atoms with Gasteiger partial charge in [-0.2, -0.15) is 5.10 Å². The molecule has 0 radical (unpaired) electrons. The molecule has 8 nitrogen and oxygen atoms in total. The summed E-state index contributed by atoms with van der Waals surface area (Å²) in [5, 5.41) is 15.6. The van der Waals surface area contributed by atoms with Gasteiger partial charge in [0.1, 0.15) is 11.5 Å². The lowest BCUT2D eigenvalue weighted by molar-refractivity contribution is -0.118. The molecule has 2 aromatic heterocycles. The summed E-state index contributed by atoms with van der Waals surface area (Å²) in [6.45, 7) is 1.91. The molecule has 1 saturated carbocycles. The zero-order valence-electron chi connectivity index (χ0n) is 18.4. The Labute approximate surface area is 191 Å². The van der Waals surface area contributed by atoms with Crippen molar-refractivity contribution in [2.45, 2.75) is 25.2 Å². The number of hydrogen-bond acceptors (Lipinski definition) is 6. The Morgan fingerprint density at radius 3 is 2.42 bits per heavy atom. The summed E-state index contributed by atoms with van der Waals surface area (Å²) in [6.07, 6.45) is 3.42. The van der Waals surface area contributed by atoms with Gasteiger partial charge >= 0.3 is 0 Å². The van der Waals surface area contributed by atoms with Gasteiger partial charge in [-0.25, -0.2) is 4.68 Å². The number of aryl methyl sites for hydroxylation is 1. The molecule has 0 bridgehead atoms. The lowest BCUT2D eigenvalue weighted by Gasteiger charge is -2.18. The second kappa shape index (κ2) is 8.38. The van der Waals surface area contributed by atoms with Crippen LogP contribution in [0.1, 0.15) is 24.1 Å². The number of nitrogens with one attached hydrogen (secondary N) is 1. The maximum absolute atomic E-state index is 13.1. The third-order valence-corrected chi connectivity index (χ3v) is 5.72. The van der Waals surface area contributed by atoms with Gasteiger partial charge in [-0.15, -0.1) is 10.2 Å². The van der Waals surface area contributed by atoms with Gasteiger partial charge in [0.25, 0.3) is 0 Å². The van der Waals surface area contributed by atoms with E-state index in [9.17, 15) is 4.79 Å². The third-order valence-electron chi connectivity index (χ3n) is 5.72. The van der Waals surface area contributed by atoms with Crippen molar-refractivity contribution < 1.29 is 14.3 Å². The average Bonchev–Trinajstić information content (AvgIpc) is 3.55. The molecule has 5 rings (SSSR count). The van der Waals surface area contributed by atoms with E-state index in [0.717, 1.165) is 29.8 Å². The molecule has 166 valence electrons. The SMILES string of the molecule is COc1ccccc1C1(C(=O)Nc2ccc(Oc3ccc(-n4ccc(C)n4)nn3)cc2)CC1. The first-order chi connectivity index (χ1) is 16.1. The third kappa shape index (κ3) is 4.15. The molecule has 1 amide bonds. The van der Waals surface area contributed by atoms with Gasteiger partial charge < -0.3 is 14.8 Å². The number of rotatable bonds is 7. The monoisotopic (exact) mass is 441 g/mol. The summed E-state index contributed by atoms with van der Waals surface area (Å²) in [5.41, 5.74) is 1.99. The fraction of sp³-hybridized carbons (Fsp3) is 0.200. The molecule has 0 saturated heterocycles. The fourth-order valence-electron chi connectivity index (χ4n) is 3.79. The molecule has 2 aromatic carbocycles. The van der Waals surface area contributed by atoms with Gasteiger partial charge in [0.2, 0.25) is 11.8 Å². The van der Waals surface area contributed by atoms with E-state index in [1.807, 2.05) is 43.5 Å². The number of methoxy groups -OCH3 is 1. The second-order valence-electron chi connectivity index (χ2n) is 7.99. The van der Waals surface area contributed by atoms with Gasteiger partial charge in [0, 0.05) is 23.5 Å². The molecular weight excluding hydrogens is 418 g/mol. The molecule has 2 heterocycles. The highest BCUT2D eigenvalue weighted by Gasteiger charge is 2.52. The highest BCUT2D eigenvalue weighted by atomic mass is 16.5. The van der Waals surface area contributed by atoms with Crippen molar-refractivity contribution in [3.8, 4) is 23.2 Å². The number of para-hydroxylation sites is 1. The highest BCUT2D eigenvalue weighted by Crippen LogP contribution is 2.52. The Kier molecular flexibility index (Phi) is 5.26. The van der Waals surface area contributed by atoms with Crippen LogP contribution in [0.3, 0.4) is 0 Å². The first-order valence-electron chi connectivity index (χ1n) is 10.7. The van der Waals surface area contributed by atoms with E-state index < -0.39 is 5.41 Å². The van der Waals surface area contributed by atoms with Crippen LogP contribution >= 0.6 is 0 Å². The van der Waals surface area contributed by atoms with E-state index in [0.29, 0.717) is 23.1 Å². The minimum Gasteiger partial charge on any atom is -0.496 e. The number of nitrogens with zero attached hydrogens (tertiary/aromatic N) is 4. The zero-order chi connectivity index (χ0) is 22.8. The minimum atomic E-state index is -0.535. The molecule has 4 aromatic rings. The largest absolute Gasteiger partial charge is 0.496 e. The summed E-state index contributed by atoms with van der Waals surface area (Å²) >= 11 is 0. The van der Waals surface area contributed by atoms with Crippen LogP contribution in [0.15, 0.2) is 72.9 Å². The van der Waals surface area contributed by atoms with E-state index in [-0.39, 0.29) is 5.91 Å². The normalized spacial score (nSPS) is 13.9. The first kappa shape index (κ1) is 20.7. The molecule has 0 aliphatic heterocycles. The molecular formula is C25H23N5O3. The van der Waals surface area contributed by atoms with Crippen molar-refractivity contribution in [1.29, 1.82) is 0 Å². The van der Waals surface area contributed by atoms with Gasteiger partial charge in [-0.3, -0.25) is 4.79 Å². The number of benzene rings is 2.